The fraction of sp³-hybridized carbons (Fsp3) is 0.300. The molecule has 73 valence electrons. The van der Waals surface area contributed by atoms with Crippen LogP contribution in [0.15, 0.2) is 23.9 Å². The van der Waals surface area contributed by atoms with Crippen molar-refractivity contribution < 1.29 is 9.59 Å². The van der Waals surface area contributed by atoms with E-state index in [9.17, 15) is 9.59 Å². The van der Waals surface area contributed by atoms with E-state index >= 15 is 0 Å². The van der Waals surface area contributed by atoms with E-state index in [1.807, 2.05) is 24.6 Å². The van der Waals surface area contributed by atoms with Gasteiger partial charge in [-0.05, 0) is 18.9 Å². The van der Waals surface area contributed by atoms with Crippen molar-refractivity contribution in [2.24, 2.45) is 0 Å². The summed E-state index contributed by atoms with van der Waals surface area (Å²) in [5.74, 6) is 0.304. The normalized spacial score (nSPS) is 22.6. The maximum atomic E-state index is 11.5. The van der Waals surface area contributed by atoms with Gasteiger partial charge >= 0.3 is 5.91 Å². The molecular formula is C10H10NO2S. The summed E-state index contributed by atoms with van der Waals surface area (Å²) in [7, 11) is 0. The molecule has 3 nitrogen and oxygen atoms in total. The summed E-state index contributed by atoms with van der Waals surface area (Å²) < 4.78 is 0. The van der Waals surface area contributed by atoms with Gasteiger partial charge in [-0.3, -0.25) is 9.59 Å². The number of carbonyl (C=O) groups excluding carboxylic acids is 2. The zero-order valence-electron chi connectivity index (χ0n) is 7.60. The molecule has 1 radical (unpaired) electrons. The highest BCUT2D eigenvalue weighted by atomic mass is 32.2. The van der Waals surface area contributed by atoms with E-state index in [-0.39, 0.29) is 11.0 Å². The Balaban J connectivity index is 2.16. The number of amides is 1. The third-order valence-corrected chi connectivity index (χ3v) is 2.97. The molecule has 1 fully saturated rings. The molecular weight excluding hydrogens is 198 g/mol. The van der Waals surface area contributed by atoms with Crippen molar-refractivity contribution in [3.8, 4) is 0 Å². The molecule has 0 bridgehead atoms. The molecule has 1 heterocycles. The van der Waals surface area contributed by atoms with Crippen LogP contribution in [-0.4, -0.2) is 28.2 Å². The Morgan fingerprint density at radius 1 is 1.36 bits per heavy atom. The SMILES string of the molecule is O=C1SCCN(C2=CC[CH]C=C2)C1=O. The minimum absolute atomic E-state index is 0.347. The van der Waals surface area contributed by atoms with Gasteiger partial charge in [-0.2, -0.15) is 0 Å². The first kappa shape index (κ1) is 9.52. The Labute approximate surface area is 86.8 Å². The molecule has 0 aromatic rings. The first-order valence-electron chi connectivity index (χ1n) is 4.48. The van der Waals surface area contributed by atoms with Gasteiger partial charge in [0.05, 0.1) is 0 Å². The van der Waals surface area contributed by atoms with E-state index in [1.54, 1.807) is 4.90 Å². The van der Waals surface area contributed by atoms with E-state index in [4.69, 9.17) is 0 Å². The highest BCUT2D eigenvalue weighted by molar-refractivity contribution is 8.15. The average molecular weight is 208 g/mol. The number of carbonyl (C=O) groups is 2. The van der Waals surface area contributed by atoms with Crippen LogP contribution in [0.1, 0.15) is 6.42 Å². The maximum Gasteiger partial charge on any atom is 0.305 e. The number of thioether (sulfide) groups is 1. The second-order valence-electron chi connectivity index (χ2n) is 3.05. The molecule has 1 aliphatic carbocycles. The molecule has 0 N–H and O–H groups in total. The second kappa shape index (κ2) is 4.00. The number of rotatable bonds is 1. The van der Waals surface area contributed by atoms with Crippen LogP contribution in [0, 0.1) is 6.42 Å². The lowest BCUT2D eigenvalue weighted by Crippen LogP contribution is -2.40. The Kier molecular flexibility index (Phi) is 2.72. The number of hydrogen-bond donors (Lipinski definition) is 0. The first-order chi connectivity index (χ1) is 6.79. The maximum absolute atomic E-state index is 11.5. The molecule has 14 heavy (non-hydrogen) atoms. The van der Waals surface area contributed by atoms with E-state index in [0.29, 0.717) is 12.3 Å². The van der Waals surface area contributed by atoms with Gasteiger partial charge in [0.25, 0.3) is 5.12 Å². The summed E-state index contributed by atoms with van der Waals surface area (Å²) in [4.78, 5) is 24.2. The van der Waals surface area contributed by atoms with Crippen LogP contribution in [0.3, 0.4) is 0 Å². The Morgan fingerprint density at radius 2 is 2.21 bits per heavy atom. The fourth-order valence-electron chi connectivity index (χ4n) is 1.45. The largest absolute Gasteiger partial charge is 0.305 e. The molecule has 1 saturated heterocycles. The molecule has 0 aromatic heterocycles. The van der Waals surface area contributed by atoms with Crippen LogP contribution >= 0.6 is 11.8 Å². The third-order valence-electron chi connectivity index (χ3n) is 2.15. The van der Waals surface area contributed by atoms with E-state index in [0.717, 1.165) is 23.9 Å². The summed E-state index contributed by atoms with van der Waals surface area (Å²) in [5, 5.41) is -0.347. The van der Waals surface area contributed by atoms with Gasteiger partial charge < -0.3 is 4.90 Å². The van der Waals surface area contributed by atoms with Gasteiger partial charge in [-0.1, -0.05) is 23.9 Å². The minimum atomic E-state index is -0.390. The summed E-state index contributed by atoms with van der Waals surface area (Å²) in [5.41, 5.74) is 0.853. The summed E-state index contributed by atoms with van der Waals surface area (Å²) in [6.07, 6.45) is 8.58. The molecule has 1 amide bonds. The number of nitrogens with zero attached hydrogens (tertiary/aromatic N) is 1. The molecule has 4 heteroatoms. The summed E-state index contributed by atoms with van der Waals surface area (Å²) >= 11 is 1.10. The van der Waals surface area contributed by atoms with E-state index in [2.05, 4.69) is 0 Å². The van der Waals surface area contributed by atoms with Crippen molar-refractivity contribution in [1.82, 2.24) is 4.90 Å². The van der Waals surface area contributed by atoms with Crippen LogP contribution < -0.4 is 0 Å². The average Bonchev–Trinajstić information content (AvgIpc) is 2.23. The monoisotopic (exact) mass is 208 g/mol. The standard InChI is InChI=1S/C10H10NO2S/c12-9-10(13)14-7-6-11(9)8-4-2-1-3-5-8/h1-2,4-5H,3,6-7H2. The van der Waals surface area contributed by atoms with Crippen molar-refractivity contribution in [2.45, 2.75) is 6.42 Å². The predicted molar refractivity (Wildman–Crippen MR) is 55.3 cm³/mol. The van der Waals surface area contributed by atoms with Gasteiger partial charge in [-0.15, -0.1) is 0 Å². The highest BCUT2D eigenvalue weighted by Gasteiger charge is 2.28. The summed E-state index contributed by atoms with van der Waals surface area (Å²) in [6, 6.07) is 0. The van der Waals surface area contributed by atoms with Crippen molar-refractivity contribution in [1.29, 1.82) is 0 Å². The van der Waals surface area contributed by atoms with E-state index in [1.165, 1.54) is 0 Å². The topological polar surface area (TPSA) is 37.4 Å². The van der Waals surface area contributed by atoms with Crippen LogP contribution in [0.4, 0.5) is 0 Å². The molecule has 0 spiro atoms. The van der Waals surface area contributed by atoms with Crippen LogP contribution in [0.2, 0.25) is 0 Å². The molecule has 0 aromatic carbocycles. The Bertz CT molecular complexity index is 333. The molecule has 0 atom stereocenters. The van der Waals surface area contributed by atoms with Crippen LogP contribution in [0.25, 0.3) is 0 Å². The van der Waals surface area contributed by atoms with Crippen molar-refractivity contribution >= 4 is 22.8 Å². The fourth-order valence-corrected chi connectivity index (χ4v) is 2.14. The van der Waals surface area contributed by atoms with Gasteiger partial charge in [0, 0.05) is 18.0 Å². The Morgan fingerprint density at radius 3 is 2.93 bits per heavy atom. The smallest absolute Gasteiger partial charge is 0.305 e. The van der Waals surface area contributed by atoms with Gasteiger partial charge in [-0.25, -0.2) is 0 Å². The van der Waals surface area contributed by atoms with Crippen LogP contribution in [0.5, 0.6) is 0 Å². The lowest BCUT2D eigenvalue weighted by molar-refractivity contribution is -0.139. The molecule has 0 saturated carbocycles. The molecule has 0 unspecified atom stereocenters. The third kappa shape index (κ3) is 1.75. The number of allylic oxidation sites excluding steroid dienone is 3. The molecule has 2 rings (SSSR count). The Hall–Kier alpha value is -1.03. The van der Waals surface area contributed by atoms with Crippen molar-refractivity contribution in [3.63, 3.8) is 0 Å². The first-order valence-corrected chi connectivity index (χ1v) is 5.46. The second-order valence-corrected chi connectivity index (χ2v) is 4.12. The van der Waals surface area contributed by atoms with Crippen molar-refractivity contribution in [3.05, 3.63) is 30.3 Å². The van der Waals surface area contributed by atoms with E-state index < -0.39 is 0 Å². The predicted octanol–water partition coefficient (Wildman–Crippen LogP) is 1.14. The van der Waals surface area contributed by atoms with Crippen LogP contribution in [-0.2, 0) is 9.59 Å². The van der Waals surface area contributed by atoms with Gasteiger partial charge in [0.2, 0.25) is 0 Å². The summed E-state index contributed by atoms with van der Waals surface area (Å²) in [6.45, 7) is 0.630. The molecule has 1 aliphatic heterocycles. The van der Waals surface area contributed by atoms with Gasteiger partial charge in [0.15, 0.2) is 0 Å². The highest BCUT2D eigenvalue weighted by Crippen LogP contribution is 2.20. The zero-order valence-corrected chi connectivity index (χ0v) is 8.42. The quantitative estimate of drug-likeness (QED) is 0.606. The zero-order chi connectivity index (χ0) is 9.97. The molecule has 2 aliphatic rings. The minimum Gasteiger partial charge on any atom is -0.305 e. The lowest BCUT2D eigenvalue weighted by atomic mass is 10.1. The number of hydrogen-bond acceptors (Lipinski definition) is 3. The lowest BCUT2D eigenvalue weighted by Gasteiger charge is -2.27. The van der Waals surface area contributed by atoms with Crippen molar-refractivity contribution in [2.75, 3.05) is 12.3 Å². The van der Waals surface area contributed by atoms with Gasteiger partial charge in [0.1, 0.15) is 0 Å².